The van der Waals surface area contributed by atoms with Gasteiger partial charge in [-0.2, -0.15) is 4.68 Å². The van der Waals surface area contributed by atoms with Gasteiger partial charge in [-0.3, -0.25) is 14.6 Å². The molecule has 9 nitrogen and oxygen atoms in total. The van der Waals surface area contributed by atoms with Gasteiger partial charge in [0, 0.05) is 18.5 Å². The van der Waals surface area contributed by atoms with Crippen LogP contribution in [0.3, 0.4) is 0 Å². The minimum Gasteiger partial charge on any atom is -0.496 e. The van der Waals surface area contributed by atoms with E-state index in [1.807, 2.05) is 0 Å². The third-order valence-corrected chi connectivity index (χ3v) is 7.14. The highest BCUT2D eigenvalue weighted by Gasteiger charge is 2.29. The zero-order valence-corrected chi connectivity index (χ0v) is 22.8. The van der Waals surface area contributed by atoms with E-state index in [2.05, 4.69) is 20.7 Å². The second-order valence-corrected chi connectivity index (χ2v) is 10.2. The van der Waals surface area contributed by atoms with E-state index in [9.17, 15) is 14.4 Å². The number of nitrogens with one attached hydrogen (secondary N) is 3. The number of ether oxygens (including phenoxy) is 1. The van der Waals surface area contributed by atoms with Gasteiger partial charge in [-0.1, -0.05) is 46.9 Å². The first-order valence-corrected chi connectivity index (χ1v) is 13.1. The predicted molar refractivity (Wildman–Crippen MR) is 150 cm³/mol. The smallest absolute Gasteiger partial charge is 0.348 e. The van der Waals surface area contributed by atoms with Crippen LogP contribution in [0.25, 0.3) is 17.1 Å². The van der Waals surface area contributed by atoms with Gasteiger partial charge in [-0.25, -0.2) is 4.79 Å². The lowest BCUT2D eigenvalue weighted by Crippen LogP contribution is -2.24. The predicted octanol–water partition coefficient (Wildman–Crippen LogP) is 5.47. The van der Waals surface area contributed by atoms with Crippen LogP contribution in [0, 0.1) is 5.92 Å². The van der Waals surface area contributed by atoms with Crippen LogP contribution >= 0.6 is 34.8 Å². The standard InChI is InChI=1S/C27H22Cl3N5O4/c1-39-22-12-16(35-27(38)33-24(34-35)23-19(29)3-2-4-20(23)30)8-9-17(22)26(37)32-21-11-14(5-10-18(21)28)13-31-25(36)15-6-7-15/h2-5,8-12,15H,6-7,13H2,1H3,(H,31,36)(H,32,37)(H,33,34,38). The highest BCUT2D eigenvalue weighted by Crippen LogP contribution is 2.33. The molecule has 12 heteroatoms. The topological polar surface area (TPSA) is 118 Å². The van der Waals surface area contributed by atoms with Gasteiger partial charge >= 0.3 is 5.69 Å². The number of benzene rings is 3. The summed E-state index contributed by atoms with van der Waals surface area (Å²) >= 11 is 18.8. The fourth-order valence-electron chi connectivity index (χ4n) is 3.98. The summed E-state index contributed by atoms with van der Waals surface area (Å²) in [6.07, 6.45) is 1.83. The van der Waals surface area contributed by atoms with Gasteiger partial charge in [0.2, 0.25) is 5.91 Å². The van der Waals surface area contributed by atoms with Gasteiger partial charge in [-0.15, -0.1) is 5.10 Å². The van der Waals surface area contributed by atoms with Crippen LogP contribution in [-0.4, -0.2) is 33.7 Å². The molecule has 0 radical (unpaired) electrons. The number of aromatic nitrogens is 3. The molecule has 4 aromatic rings. The van der Waals surface area contributed by atoms with Crippen molar-refractivity contribution in [2.24, 2.45) is 5.92 Å². The SMILES string of the molecule is COc1cc(-n2nc(-c3c(Cl)cccc3Cl)[nH]c2=O)ccc1C(=O)Nc1cc(CNC(=O)C2CC2)ccc1Cl. The van der Waals surface area contributed by atoms with Gasteiger partial charge in [0.1, 0.15) is 5.75 Å². The molecule has 5 rings (SSSR count). The Morgan fingerprint density at radius 3 is 2.49 bits per heavy atom. The third kappa shape index (κ3) is 5.80. The molecule has 1 aromatic heterocycles. The molecule has 0 aliphatic heterocycles. The van der Waals surface area contributed by atoms with Crippen molar-refractivity contribution >= 4 is 52.3 Å². The summed E-state index contributed by atoms with van der Waals surface area (Å²) in [5, 5.41) is 11.0. The molecular formula is C27H22Cl3N5O4. The normalized spacial score (nSPS) is 12.7. The van der Waals surface area contributed by atoms with Crippen molar-refractivity contribution in [1.82, 2.24) is 20.1 Å². The molecule has 0 atom stereocenters. The Morgan fingerprint density at radius 1 is 1.05 bits per heavy atom. The lowest BCUT2D eigenvalue weighted by atomic mass is 10.1. The van der Waals surface area contributed by atoms with E-state index >= 15 is 0 Å². The Kier molecular flexibility index (Phi) is 7.65. The van der Waals surface area contributed by atoms with Crippen molar-refractivity contribution in [3.8, 4) is 22.8 Å². The Labute approximate surface area is 238 Å². The monoisotopic (exact) mass is 585 g/mol. The number of aromatic amines is 1. The fraction of sp³-hybridized carbons (Fsp3) is 0.185. The zero-order chi connectivity index (χ0) is 27.7. The summed E-state index contributed by atoms with van der Waals surface area (Å²) in [5.41, 5.74) is 1.60. The van der Waals surface area contributed by atoms with Gasteiger partial charge in [0.05, 0.1) is 44.7 Å². The molecule has 2 amide bonds. The van der Waals surface area contributed by atoms with Gasteiger partial charge < -0.3 is 15.4 Å². The summed E-state index contributed by atoms with van der Waals surface area (Å²) in [5.74, 6) is 0.0565. The maximum atomic E-state index is 13.2. The van der Waals surface area contributed by atoms with Crippen LogP contribution in [0.5, 0.6) is 5.75 Å². The molecule has 3 N–H and O–H groups in total. The van der Waals surface area contributed by atoms with Crippen molar-refractivity contribution in [1.29, 1.82) is 0 Å². The van der Waals surface area contributed by atoms with E-state index in [0.717, 1.165) is 23.1 Å². The third-order valence-electron chi connectivity index (χ3n) is 6.19. The first-order valence-electron chi connectivity index (χ1n) is 11.9. The lowest BCUT2D eigenvalue weighted by Gasteiger charge is -2.13. The van der Waals surface area contributed by atoms with Crippen molar-refractivity contribution in [2.45, 2.75) is 19.4 Å². The average molecular weight is 587 g/mol. The summed E-state index contributed by atoms with van der Waals surface area (Å²) in [6, 6.07) is 14.7. The quantitative estimate of drug-likeness (QED) is 0.253. The summed E-state index contributed by atoms with van der Waals surface area (Å²) in [7, 11) is 1.41. The zero-order valence-electron chi connectivity index (χ0n) is 20.6. The highest BCUT2D eigenvalue weighted by atomic mass is 35.5. The second kappa shape index (κ2) is 11.1. The molecule has 0 bridgehead atoms. The van der Waals surface area contributed by atoms with Crippen LogP contribution in [0.1, 0.15) is 28.8 Å². The number of nitrogens with zero attached hydrogens (tertiary/aromatic N) is 2. The van der Waals surface area contributed by atoms with E-state index in [-0.39, 0.29) is 29.0 Å². The summed E-state index contributed by atoms with van der Waals surface area (Å²) in [4.78, 5) is 40.5. The van der Waals surface area contributed by atoms with Crippen LogP contribution in [-0.2, 0) is 11.3 Å². The molecule has 1 heterocycles. The number of carbonyl (C=O) groups is 2. The maximum absolute atomic E-state index is 13.2. The number of rotatable bonds is 8. The Hall–Kier alpha value is -3.79. The molecule has 1 aliphatic rings. The van der Waals surface area contributed by atoms with Crippen molar-refractivity contribution in [2.75, 3.05) is 12.4 Å². The number of halogens is 3. The first kappa shape index (κ1) is 26.8. The largest absolute Gasteiger partial charge is 0.496 e. The molecule has 3 aromatic carbocycles. The van der Waals surface area contributed by atoms with Gasteiger partial charge in [-0.05, 0) is 54.8 Å². The van der Waals surface area contributed by atoms with E-state index in [1.54, 1.807) is 42.5 Å². The number of methoxy groups -OCH3 is 1. The molecule has 39 heavy (non-hydrogen) atoms. The van der Waals surface area contributed by atoms with E-state index in [0.29, 0.717) is 38.6 Å². The molecule has 0 unspecified atom stereocenters. The Bertz CT molecular complexity index is 1620. The summed E-state index contributed by atoms with van der Waals surface area (Å²) in [6.45, 7) is 0.327. The van der Waals surface area contributed by atoms with E-state index in [4.69, 9.17) is 39.5 Å². The van der Waals surface area contributed by atoms with Crippen molar-refractivity contribution in [3.05, 3.63) is 91.3 Å². The number of carbonyl (C=O) groups excluding carboxylic acids is 2. The second-order valence-electron chi connectivity index (χ2n) is 8.93. The first-order chi connectivity index (χ1) is 18.7. The Balaban J connectivity index is 1.37. The van der Waals surface area contributed by atoms with Crippen LogP contribution < -0.4 is 21.1 Å². The molecule has 1 aliphatic carbocycles. The number of H-pyrrole nitrogens is 1. The highest BCUT2D eigenvalue weighted by molar-refractivity contribution is 6.39. The minimum absolute atomic E-state index is 0.0264. The van der Waals surface area contributed by atoms with E-state index < -0.39 is 11.6 Å². The maximum Gasteiger partial charge on any atom is 0.348 e. The van der Waals surface area contributed by atoms with Crippen LogP contribution in [0.15, 0.2) is 59.4 Å². The van der Waals surface area contributed by atoms with Crippen LogP contribution in [0.4, 0.5) is 5.69 Å². The van der Waals surface area contributed by atoms with Crippen molar-refractivity contribution < 1.29 is 14.3 Å². The summed E-state index contributed by atoms with van der Waals surface area (Å²) < 4.78 is 6.57. The fourth-order valence-corrected chi connectivity index (χ4v) is 4.72. The number of anilines is 1. The van der Waals surface area contributed by atoms with Gasteiger partial charge in [0.15, 0.2) is 5.82 Å². The lowest BCUT2D eigenvalue weighted by molar-refractivity contribution is -0.122. The molecule has 0 spiro atoms. The van der Waals surface area contributed by atoms with E-state index in [1.165, 1.54) is 19.2 Å². The molecule has 1 saturated carbocycles. The number of amides is 2. The molecule has 1 fully saturated rings. The minimum atomic E-state index is -0.530. The van der Waals surface area contributed by atoms with Crippen LogP contribution in [0.2, 0.25) is 15.1 Å². The van der Waals surface area contributed by atoms with Crippen molar-refractivity contribution in [3.63, 3.8) is 0 Å². The van der Waals surface area contributed by atoms with Gasteiger partial charge in [0.25, 0.3) is 5.91 Å². The molecular weight excluding hydrogens is 565 g/mol. The Morgan fingerprint density at radius 2 is 1.79 bits per heavy atom. The molecule has 200 valence electrons. The number of hydrogen-bond acceptors (Lipinski definition) is 5. The average Bonchev–Trinajstić information content (AvgIpc) is 3.70. The molecule has 0 saturated heterocycles. The number of hydrogen-bond donors (Lipinski definition) is 3.